The normalized spacial score (nSPS) is 10.6. The smallest absolute Gasteiger partial charge is 0.338 e. The van der Waals surface area contributed by atoms with E-state index in [0.717, 1.165) is 22.6 Å². The number of carbonyl (C=O) groups excluding carboxylic acids is 2. The highest BCUT2D eigenvalue weighted by Gasteiger charge is 2.14. The zero-order valence-corrected chi connectivity index (χ0v) is 16.2. The molecule has 0 aliphatic rings. The number of rotatable bonds is 7. The zero-order valence-electron chi connectivity index (χ0n) is 14.7. The van der Waals surface area contributed by atoms with Crippen LogP contribution in [0.5, 0.6) is 5.75 Å². The molecule has 0 saturated heterocycles. The summed E-state index contributed by atoms with van der Waals surface area (Å²) in [6, 6.07) is 9.72. The maximum absolute atomic E-state index is 12.1. The average Bonchev–Trinajstić information content (AvgIpc) is 3.24. The lowest BCUT2D eigenvalue weighted by atomic mass is 10.2. The molecule has 3 aromatic rings. The molecule has 0 aliphatic carbocycles. The Morgan fingerprint density at radius 1 is 1.15 bits per heavy atom. The molecule has 1 aromatic carbocycles. The molecular formula is C19H16ClNO5S. The number of thiophene rings is 1. The second-order valence-corrected chi connectivity index (χ2v) is 7.43. The first-order valence-electron chi connectivity index (χ1n) is 8.04. The quantitative estimate of drug-likeness (QED) is 0.421. The molecule has 2 heterocycles. The summed E-state index contributed by atoms with van der Waals surface area (Å²) < 4.78 is 16.3. The molecule has 8 heteroatoms. The van der Waals surface area contributed by atoms with Gasteiger partial charge < -0.3 is 14.0 Å². The summed E-state index contributed by atoms with van der Waals surface area (Å²) in [5.74, 6) is 0.434. The van der Waals surface area contributed by atoms with E-state index in [0.29, 0.717) is 32.9 Å². The predicted octanol–water partition coefficient (Wildman–Crippen LogP) is 4.63. The molecule has 6 nitrogen and oxygen atoms in total. The maximum Gasteiger partial charge on any atom is 0.338 e. The molecule has 0 N–H and O–H groups in total. The van der Waals surface area contributed by atoms with Crippen molar-refractivity contribution in [3.8, 4) is 5.75 Å². The van der Waals surface area contributed by atoms with Gasteiger partial charge in [-0.25, -0.2) is 4.79 Å². The van der Waals surface area contributed by atoms with E-state index in [1.54, 1.807) is 36.4 Å². The van der Waals surface area contributed by atoms with Crippen LogP contribution in [0.4, 0.5) is 0 Å². The zero-order chi connectivity index (χ0) is 19.4. The summed E-state index contributed by atoms with van der Waals surface area (Å²) in [6.45, 7) is 3.66. The fourth-order valence-electron chi connectivity index (χ4n) is 2.30. The van der Waals surface area contributed by atoms with Gasteiger partial charge in [0.2, 0.25) is 5.78 Å². The molecule has 0 fully saturated rings. The number of ketones is 1. The van der Waals surface area contributed by atoms with Crippen LogP contribution in [0.2, 0.25) is 4.34 Å². The van der Waals surface area contributed by atoms with Crippen molar-refractivity contribution in [2.45, 2.75) is 20.5 Å². The Labute approximate surface area is 164 Å². The van der Waals surface area contributed by atoms with Gasteiger partial charge >= 0.3 is 5.97 Å². The lowest BCUT2D eigenvalue weighted by Gasteiger charge is -2.07. The molecule has 140 valence electrons. The number of esters is 1. The van der Waals surface area contributed by atoms with E-state index in [9.17, 15) is 9.59 Å². The lowest BCUT2D eigenvalue weighted by molar-refractivity contribution is 0.0476. The minimum Gasteiger partial charge on any atom is -0.489 e. The number of carbonyl (C=O) groups is 2. The van der Waals surface area contributed by atoms with Crippen molar-refractivity contribution in [3.05, 3.63) is 68.2 Å². The summed E-state index contributed by atoms with van der Waals surface area (Å²) in [5, 5.41) is 3.87. The van der Waals surface area contributed by atoms with Crippen LogP contribution in [0.15, 0.2) is 40.9 Å². The van der Waals surface area contributed by atoms with Crippen LogP contribution in [0.3, 0.4) is 0 Å². The first-order chi connectivity index (χ1) is 12.9. The third-order valence-electron chi connectivity index (χ3n) is 3.84. The molecule has 2 aromatic heterocycles. The standard InChI is InChI=1S/C19H16ClNO5S/c1-11-15(12(2)26-21-11)9-24-14-5-3-13(4-6-14)19(23)25-10-16(22)17-7-8-18(20)27-17/h3-8H,9-10H2,1-2H3. The molecule has 27 heavy (non-hydrogen) atoms. The molecule has 0 radical (unpaired) electrons. The topological polar surface area (TPSA) is 78.6 Å². The van der Waals surface area contributed by atoms with Gasteiger partial charge in [0, 0.05) is 0 Å². The minimum atomic E-state index is -0.580. The van der Waals surface area contributed by atoms with Gasteiger partial charge in [0.1, 0.15) is 18.1 Å². The summed E-state index contributed by atoms with van der Waals surface area (Å²) in [7, 11) is 0. The third kappa shape index (κ3) is 4.75. The van der Waals surface area contributed by atoms with Gasteiger partial charge in [-0.2, -0.15) is 0 Å². The van der Waals surface area contributed by atoms with E-state index in [-0.39, 0.29) is 12.4 Å². The highest BCUT2D eigenvalue weighted by Crippen LogP contribution is 2.22. The van der Waals surface area contributed by atoms with Crippen molar-refractivity contribution in [3.63, 3.8) is 0 Å². The maximum atomic E-state index is 12.1. The van der Waals surface area contributed by atoms with Gasteiger partial charge in [0.25, 0.3) is 0 Å². The number of hydrogen-bond acceptors (Lipinski definition) is 7. The number of ether oxygens (including phenoxy) is 2. The molecule has 0 spiro atoms. The number of halogens is 1. The van der Waals surface area contributed by atoms with E-state index >= 15 is 0 Å². The van der Waals surface area contributed by atoms with E-state index in [4.69, 9.17) is 25.6 Å². The summed E-state index contributed by atoms with van der Waals surface area (Å²) in [4.78, 5) is 24.5. The van der Waals surface area contributed by atoms with Crippen molar-refractivity contribution in [1.29, 1.82) is 0 Å². The van der Waals surface area contributed by atoms with Crippen molar-refractivity contribution >= 4 is 34.7 Å². The molecule has 0 amide bonds. The second kappa shape index (κ2) is 8.37. The van der Waals surface area contributed by atoms with E-state index < -0.39 is 5.97 Å². The number of nitrogens with zero attached hydrogens (tertiary/aromatic N) is 1. The van der Waals surface area contributed by atoms with Gasteiger partial charge in [-0.1, -0.05) is 16.8 Å². The van der Waals surface area contributed by atoms with Crippen LogP contribution in [0.1, 0.15) is 37.0 Å². The molecular weight excluding hydrogens is 390 g/mol. The van der Waals surface area contributed by atoms with Crippen LogP contribution in [-0.2, 0) is 11.3 Å². The van der Waals surface area contributed by atoms with Gasteiger partial charge in [-0.05, 0) is 50.2 Å². The summed E-state index contributed by atoms with van der Waals surface area (Å²) in [5.41, 5.74) is 2.01. The lowest BCUT2D eigenvalue weighted by Crippen LogP contribution is -2.13. The molecule has 0 bridgehead atoms. The summed E-state index contributed by atoms with van der Waals surface area (Å²) >= 11 is 6.94. The Bertz CT molecular complexity index is 941. The van der Waals surface area contributed by atoms with Gasteiger partial charge in [0.05, 0.1) is 26.0 Å². The van der Waals surface area contributed by atoms with Crippen LogP contribution in [0.25, 0.3) is 0 Å². The molecule has 0 saturated carbocycles. The van der Waals surface area contributed by atoms with Crippen LogP contribution < -0.4 is 4.74 Å². The first-order valence-corrected chi connectivity index (χ1v) is 9.24. The number of benzene rings is 1. The monoisotopic (exact) mass is 405 g/mol. The Kier molecular flexibility index (Phi) is 5.93. The fourth-order valence-corrected chi connectivity index (χ4v) is 3.27. The minimum absolute atomic E-state index is 0.292. The second-order valence-electron chi connectivity index (χ2n) is 5.72. The van der Waals surface area contributed by atoms with Crippen molar-refractivity contribution in [1.82, 2.24) is 5.16 Å². The number of aromatic nitrogens is 1. The van der Waals surface area contributed by atoms with Crippen LogP contribution in [-0.4, -0.2) is 23.5 Å². The van der Waals surface area contributed by atoms with E-state index in [1.165, 1.54) is 0 Å². The molecule has 0 atom stereocenters. The predicted molar refractivity (Wildman–Crippen MR) is 101 cm³/mol. The molecule has 0 aliphatic heterocycles. The van der Waals surface area contributed by atoms with Crippen LogP contribution in [0, 0.1) is 13.8 Å². The highest BCUT2D eigenvalue weighted by molar-refractivity contribution is 7.18. The van der Waals surface area contributed by atoms with Crippen molar-refractivity contribution < 1.29 is 23.6 Å². The Morgan fingerprint density at radius 3 is 2.48 bits per heavy atom. The number of aryl methyl sites for hydroxylation is 2. The third-order valence-corrected chi connectivity index (χ3v) is 5.11. The number of hydrogen-bond donors (Lipinski definition) is 0. The number of Topliss-reactive ketones (excluding diaryl/α,β-unsaturated/α-hetero) is 1. The van der Waals surface area contributed by atoms with Crippen molar-refractivity contribution in [2.24, 2.45) is 0 Å². The van der Waals surface area contributed by atoms with Gasteiger partial charge in [0.15, 0.2) is 6.61 Å². The van der Waals surface area contributed by atoms with Crippen molar-refractivity contribution in [2.75, 3.05) is 6.61 Å². The van der Waals surface area contributed by atoms with E-state index in [2.05, 4.69) is 5.16 Å². The van der Waals surface area contributed by atoms with Gasteiger partial charge in [-0.3, -0.25) is 4.79 Å². The first kappa shape index (κ1) is 19.1. The molecule has 0 unspecified atom stereocenters. The van der Waals surface area contributed by atoms with E-state index in [1.807, 2.05) is 13.8 Å². The largest absolute Gasteiger partial charge is 0.489 e. The molecule has 3 rings (SSSR count). The Morgan fingerprint density at radius 2 is 1.89 bits per heavy atom. The Balaban J connectivity index is 1.53. The SMILES string of the molecule is Cc1noc(C)c1COc1ccc(C(=O)OCC(=O)c2ccc(Cl)s2)cc1. The van der Waals surface area contributed by atoms with Crippen LogP contribution >= 0.6 is 22.9 Å². The highest BCUT2D eigenvalue weighted by atomic mass is 35.5. The Hall–Kier alpha value is -2.64. The fraction of sp³-hybridized carbons (Fsp3) is 0.211. The average molecular weight is 406 g/mol. The summed E-state index contributed by atoms with van der Waals surface area (Å²) in [6.07, 6.45) is 0. The van der Waals surface area contributed by atoms with Gasteiger partial charge in [-0.15, -0.1) is 11.3 Å².